The maximum atomic E-state index is 13.3. The quantitative estimate of drug-likeness (QED) is 0.594. The molecule has 1 saturated carbocycles. The number of allylic oxidation sites excluding steroid dienone is 1. The fourth-order valence-electron chi connectivity index (χ4n) is 3.24. The summed E-state index contributed by atoms with van der Waals surface area (Å²) in [4.78, 5) is 12.7. The molecule has 2 aromatic rings. The SMILES string of the molecule is Cc1ccc(C(=O)/C=C(\NC2CCCCC2)c2ccc(F)cc2)cc1. The lowest BCUT2D eigenvalue weighted by molar-refractivity contribution is 0.104. The molecule has 3 heteroatoms. The average Bonchev–Trinajstić information content (AvgIpc) is 2.63. The van der Waals surface area contributed by atoms with Crippen molar-refractivity contribution in [2.75, 3.05) is 0 Å². The number of rotatable bonds is 5. The van der Waals surface area contributed by atoms with Crippen LogP contribution in [0.2, 0.25) is 0 Å². The van der Waals surface area contributed by atoms with Gasteiger partial charge in [0.2, 0.25) is 0 Å². The summed E-state index contributed by atoms with van der Waals surface area (Å²) in [6.07, 6.45) is 7.55. The Labute approximate surface area is 148 Å². The van der Waals surface area contributed by atoms with Gasteiger partial charge in [0.25, 0.3) is 0 Å². The molecule has 0 bridgehead atoms. The average molecular weight is 337 g/mol. The Hall–Kier alpha value is -2.42. The molecule has 25 heavy (non-hydrogen) atoms. The van der Waals surface area contributed by atoms with E-state index < -0.39 is 0 Å². The van der Waals surface area contributed by atoms with E-state index in [2.05, 4.69) is 5.32 Å². The third-order valence-corrected chi connectivity index (χ3v) is 4.73. The van der Waals surface area contributed by atoms with Gasteiger partial charge in [-0.3, -0.25) is 4.79 Å². The molecule has 1 aliphatic carbocycles. The molecule has 0 aliphatic heterocycles. The topological polar surface area (TPSA) is 29.1 Å². The van der Waals surface area contributed by atoms with Crippen LogP contribution >= 0.6 is 0 Å². The molecule has 1 N–H and O–H groups in total. The van der Waals surface area contributed by atoms with Crippen molar-refractivity contribution in [3.05, 3.63) is 77.1 Å². The van der Waals surface area contributed by atoms with Gasteiger partial charge in [-0.05, 0) is 49.6 Å². The molecule has 1 fully saturated rings. The van der Waals surface area contributed by atoms with E-state index in [-0.39, 0.29) is 11.6 Å². The minimum absolute atomic E-state index is 0.0392. The summed E-state index contributed by atoms with van der Waals surface area (Å²) in [6.45, 7) is 2.00. The Morgan fingerprint density at radius 1 is 0.960 bits per heavy atom. The van der Waals surface area contributed by atoms with E-state index in [0.717, 1.165) is 29.7 Å². The zero-order chi connectivity index (χ0) is 17.6. The number of hydrogen-bond acceptors (Lipinski definition) is 2. The lowest BCUT2D eigenvalue weighted by atomic mass is 9.94. The maximum absolute atomic E-state index is 13.3. The Morgan fingerprint density at radius 3 is 2.20 bits per heavy atom. The molecule has 0 amide bonds. The van der Waals surface area contributed by atoms with Crippen molar-refractivity contribution >= 4 is 11.5 Å². The van der Waals surface area contributed by atoms with Gasteiger partial charge in [-0.2, -0.15) is 0 Å². The van der Waals surface area contributed by atoms with Gasteiger partial charge in [0.15, 0.2) is 5.78 Å². The van der Waals surface area contributed by atoms with Crippen molar-refractivity contribution in [1.29, 1.82) is 0 Å². The van der Waals surface area contributed by atoms with Crippen LogP contribution in [-0.2, 0) is 0 Å². The number of aryl methyl sites for hydroxylation is 1. The Balaban J connectivity index is 1.87. The molecule has 130 valence electrons. The molecule has 0 spiro atoms. The summed E-state index contributed by atoms with van der Waals surface area (Å²) in [5.41, 5.74) is 3.40. The van der Waals surface area contributed by atoms with Crippen molar-refractivity contribution < 1.29 is 9.18 Å². The first kappa shape index (κ1) is 17.4. The summed E-state index contributed by atoms with van der Waals surface area (Å²) < 4.78 is 13.3. The van der Waals surface area contributed by atoms with Gasteiger partial charge in [-0.25, -0.2) is 4.39 Å². The van der Waals surface area contributed by atoms with Crippen molar-refractivity contribution in [2.24, 2.45) is 0 Å². The molecule has 0 saturated heterocycles. The highest BCUT2D eigenvalue weighted by atomic mass is 19.1. The number of ketones is 1. The van der Waals surface area contributed by atoms with Gasteiger partial charge in [0, 0.05) is 23.4 Å². The lowest BCUT2D eigenvalue weighted by Gasteiger charge is -2.25. The van der Waals surface area contributed by atoms with E-state index in [4.69, 9.17) is 0 Å². The fourth-order valence-corrected chi connectivity index (χ4v) is 3.24. The summed E-state index contributed by atoms with van der Waals surface area (Å²) >= 11 is 0. The predicted molar refractivity (Wildman–Crippen MR) is 99.9 cm³/mol. The molecule has 0 radical (unpaired) electrons. The fraction of sp³-hybridized carbons (Fsp3) is 0.318. The monoisotopic (exact) mass is 337 g/mol. The van der Waals surface area contributed by atoms with E-state index in [9.17, 15) is 9.18 Å². The van der Waals surface area contributed by atoms with Crippen LogP contribution < -0.4 is 5.32 Å². The highest BCUT2D eigenvalue weighted by molar-refractivity contribution is 6.08. The second-order valence-electron chi connectivity index (χ2n) is 6.77. The first-order valence-electron chi connectivity index (χ1n) is 8.97. The molecule has 3 rings (SSSR count). The van der Waals surface area contributed by atoms with Gasteiger partial charge in [0.1, 0.15) is 5.82 Å². The van der Waals surface area contributed by atoms with E-state index in [0.29, 0.717) is 11.6 Å². The molecule has 0 atom stereocenters. The molecule has 0 unspecified atom stereocenters. The van der Waals surface area contributed by atoms with Crippen LogP contribution in [0, 0.1) is 12.7 Å². The van der Waals surface area contributed by atoms with Gasteiger partial charge >= 0.3 is 0 Å². The largest absolute Gasteiger partial charge is 0.382 e. The molecule has 1 aliphatic rings. The zero-order valence-electron chi connectivity index (χ0n) is 14.6. The Morgan fingerprint density at radius 2 is 1.56 bits per heavy atom. The van der Waals surface area contributed by atoms with Gasteiger partial charge in [-0.15, -0.1) is 0 Å². The molecular formula is C22H24FNO. The molecule has 2 aromatic carbocycles. The normalized spacial score (nSPS) is 15.8. The third kappa shape index (κ3) is 4.79. The van der Waals surface area contributed by atoms with Crippen molar-refractivity contribution in [3.8, 4) is 0 Å². The minimum atomic E-state index is -0.273. The van der Waals surface area contributed by atoms with Crippen LogP contribution in [-0.4, -0.2) is 11.8 Å². The van der Waals surface area contributed by atoms with E-state index in [1.54, 1.807) is 18.2 Å². The van der Waals surface area contributed by atoms with E-state index in [1.807, 2.05) is 31.2 Å². The first-order valence-corrected chi connectivity index (χ1v) is 8.97. The second-order valence-corrected chi connectivity index (χ2v) is 6.77. The molecule has 0 heterocycles. The summed E-state index contributed by atoms with van der Waals surface area (Å²) in [5, 5.41) is 3.52. The van der Waals surface area contributed by atoms with Crippen molar-refractivity contribution in [3.63, 3.8) is 0 Å². The smallest absolute Gasteiger partial charge is 0.187 e. The first-order chi connectivity index (χ1) is 12.1. The van der Waals surface area contributed by atoms with Crippen LogP contribution in [0.3, 0.4) is 0 Å². The van der Waals surface area contributed by atoms with E-state index >= 15 is 0 Å². The van der Waals surface area contributed by atoms with E-state index in [1.165, 1.54) is 31.4 Å². The number of halogens is 1. The zero-order valence-corrected chi connectivity index (χ0v) is 14.6. The third-order valence-electron chi connectivity index (χ3n) is 4.73. The standard InChI is InChI=1S/C22H24FNO/c1-16-7-9-18(10-8-16)22(25)15-21(17-11-13-19(23)14-12-17)24-20-5-3-2-4-6-20/h7-15,20,24H,2-6H2,1H3/b21-15-. The number of carbonyl (C=O) groups is 1. The molecule has 2 nitrogen and oxygen atoms in total. The number of carbonyl (C=O) groups excluding carboxylic acids is 1. The molecular weight excluding hydrogens is 313 g/mol. The molecule has 0 aromatic heterocycles. The summed E-state index contributed by atoms with van der Waals surface area (Å²) in [7, 11) is 0. The van der Waals surface area contributed by atoms with Crippen LogP contribution in [0.4, 0.5) is 4.39 Å². The Kier molecular flexibility index (Phi) is 5.64. The van der Waals surface area contributed by atoms with Crippen molar-refractivity contribution in [2.45, 2.75) is 45.1 Å². The number of nitrogens with one attached hydrogen (secondary N) is 1. The lowest BCUT2D eigenvalue weighted by Crippen LogP contribution is -2.30. The maximum Gasteiger partial charge on any atom is 0.187 e. The van der Waals surface area contributed by atoms with Crippen LogP contribution in [0.25, 0.3) is 5.70 Å². The highest BCUT2D eigenvalue weighted by Gasteiger charge is 2.16. The summed E-state index contributed by atoms with van der Waals surface area (Å²) in [5.74, 6) is -0.312. The Bertz CT molecular complexity index is 741. The van der Waals surface area contributed by atoms with Gasteiger partial charge < -0.3 is 5.32 Å². The van der Waals surface area contributed by atoms with Gasteiger partial charge in [-0.1, -0.05) is 49.1 Å². The second kappa shape index (κ2) is 8.11. The number of hydrogen-bond donors (Lipinski definition) is 1. The highest BCUT2D eigenvalue weighted by Crippen LogP contribution is 2.22. The van der Waals surface area contributed by atoms with Crippen LogP contribution in [0.15, 0.2) is 54.6 Å². The van der Waals surface area contributed by atoms with Crippen LogP contribution in [0.1, 0.15) is 53.6 Å². The van der Waals surface area contributed by atoms with Gasteiger partial charge in [0.05, 0.1) is 0 Å². The predicted octanol–water partition coefficient (Wildman–Crippen LogP) is 5.28. The van der Waals surface area contributed by atoms with Crippen LogP contribution in [0.5, 0.6) is 0 Å². The van der Waals surface area contributed by atoms with Crippen molar-refractivity contribution in [1.82, 2.24) is 5.32 Å². The number of benzene rings is 2. The summed E-state index contributed by atoms with van der Waals surface area (Å²) in [6, 6.07) is 14.2. The minimum Gasteiger partial charge on any atom is -0.382 e.